The molecule has 0 saturated heterocycles. The Morgan fingerprint density at radius 1 is 0.889 bits per heavy atom. The van der Waals surface area contributed by atoms with Gasteiger partial charge in [-0.15, -0.1) is 0 Å². The lowest BCUT2D eigenvalue weighted by Gasteiger charge is -2.29. The summed E-state index contributed by atoms with van der Waals surface area (Å²) in [5.74, 6) is 0. The summed E-state index contributed by atoms with van der Waals surface area (Å²) in [6.07, 6.45) is 0. The Hall–Kier alpha value is -0.683. The normalized spacial score (nSPS) is 11.8. The second-order valence-corrected chi connectivity index (χ2v) is 6.67. The standard InChI is InChI=1S/C14H24O3Si/c1-5-15-18(16-6-2,17-7-3)12-14-11-9-8-10-13(14)4/h8-11H,5-7,12H2,1-4H3. The Labute approximate surface area is 111 Å². The minimum Gasteiger partial charge on any atom is -0.374 e. The van der Waals surface area contributed by atoms with Crippen molar-refractivity contribution >= 4 is 8.80 Å². The van der Waals surface area contributed by atoms with Crippen LogP contribution in [0.5, 0.6) is 0 Å². The van der Waals surface area contributed by atoms with E-state index in [4.69, 9.17) is 13.3 Å². The highest BCUT2D eigenvalue weighted by Crippen LogP contribution is 2.19. The highest BCUT2D eigenvalue weighted by molar-refractivity contribution is 6.60. The van der Waals surface area contributed by atoms with E-state index < -0.39 is 8.80 Å². The fraction of sp³-hybridized carbons (Fsp3) is 0.571. The molecule has 0 unspecified atom stereocenters. The van der Waals surface area contributed by atoms with Crippen LogP contribution in [-0.4, -0.2) is 28.6 Å². The van der Waals surface area contributed by atoms with Crippen LogP contribution in [0.2, 0.25) is 0 Å². The molecular weight excluding hydrogens is 244 g/mol. The van der Waals surface area contributed by atoms with Crippen molar-refractivity contribution in [2.24, 2.45) is 0 Å². The molecule has 0 aliphatic heterocycles. The Morgan fingerprint density at radius 2 is 1.39 bits per heavy atom. The van der Waals surface area contributed by atoms with E-state index >= 15 is 0 Å². The van der Waals surface area contributed by atoms with Gasteiger partial charge in [0.05, 0.1) is 0 Å². The van der Waals surface area contributed by atoms with E-state index in [0.717, 1.165) is 6.04 Å². The van der Waals surface area contributed by atoms with Crippen molar-refractivity contribution in [2.45, 2.75) is 33.7 Å². The van der Waals surface area contributed by atoms with E-state index in [1.807, 2.05) is 32.9 Å². The predicted octanol–water partition coefficient (Wildman–Crippen LogP) is 3.13. The third-order valence-corrected chi connectivity index (χ3v) is 5.76. The van der Waals surface area contributed by atoms with E-state index in [1.165, 1.54) is 11.1 Å². The summed E-state index contributed by atoms with van der Waals surface area (Å²) in [5.41, 5.74) is 2.51. The first-order chi connectivity index (χ1) is 8.67. The molecule has 0 N–H and O–H groups in total. The number of benzene rings is 1. The first-order valence-corrected chi connectivity index (χ1v) is 8.57. The predicted molar refractivity (Wildman–Crippen MR) is 75.5 cm³/mol. The van der Waals surface area contributed by atoms with Crippen LogP contribution in [0, 0.1) is 6.92 Å². The highest BCUT2D eigenvalue weighted by atomic mass is 28.4. The van der Waals surface area contributed by atoms with Crippen LogP contribution in [0.3, 0.4) is 0 Å². The third-order valence-electron chi connectivity index (χ3n) is 2.76. The molecule has 0 aromatic heterocycles. The topological polar surface area (TPSA) is 27.7 Å². The molecule has 0 bridgehead atoms. The zero-order valence-corrected chi connectivity index (χ0v) is 12.9. The molecule has 1 rings (SSSR count). The SMILES string of the molecule is CCO[Si](Cc1ccccc1C)(OCC)OCC. The minimum absolute atomic E-state index is 0.623. The molecule has 18 heavy (non-hydrogen) atoms. The minimum atomic E-state index is -2.57. The lowest BCUT2D eigenvalue weighted by molar-refractivity contribution is 0.0703. The van der Waals surface area contributed by atoms with Crippen molar-refractivity contribution in [3.8, 4) is 0 Å². The van der Waals surface area contributed by atoms with Crippen molar-refractivity contribution in [1.82, 2.24) is 0 Å². The van der Waals surface area contributed by atoms with Gasteiger partial charge in [0.1, 0.15) is 0 Å². The van der Waals surface area contributed by atoms with Gasteiger partial charge in [-0.05, 0) is 38.8 Å². The van der Waals surface area contributed by atoms with Gasteiger partial charge in [0.25, 0.3) is 0 Å². The summed E-state index contributed by atoms with van der Waals surface area (Å²) in [7, 11) is -2.57. The molecule has 0 atom stereocenters. The van der Waals surface area contributed by atoms with Crippen molar-refractivity contribution in [1.29, 1.82) is 0 Å². The third kappa shape index (κ3) is 4.21. The summed E-state index contributed by atoms with van der Waals surface area (Å²) < 4.78 is 17.6. The Morgan fingerprint density at radius 3 is 1.83 bits per heavy atom. The van der Waals surface area contributed by atoms with Gasteiger partial charge in [-0.25, -0.2) is 0 Å². The molecule has 1 aromatic carbocycles. The average Bonchev–Trinajstić information content (AvgIpc) is 2.33. The number of hydrogen-bond acceptors (Lipinski definition) is 3. The maximum Gasteiger partial charge on any atom is 0.505 e. The van der Waals surface area contributed by atoms with E-state index in [0.29, 0.717) is 19.8 Å². The zero-order valence-electron chi connectivity index (χ0n) is 11.9. The van der Waals surface area contributed by atoms with Crippen molar-refractivity contribution < 1.29 is 13.3 Å². The molecular formula is C14H24O3Si. The fourth-order valence-corrected chi connectivity index (χ4v) is 4.72. The summed E-state index contributed by atoms with van der Waals surface area (Å²) in [6, 6.07) is 9.07. The van der Waals surface area contributed by atoms with Gasteiger partial charge in [-0.2, -0.15) is 0 Å². The quantitative estimate of drug-likeness (QED) is 0.678. The number of rotatable bonds is 8. The molecule has 0 aliphatic rings. The summed E-state index contributed by atoms with van der Waals surface area (Å²) in [4.78, 5) is 0. The second kappa shape index (κ2) is 7.69. The summed E-state index contributed by atoms with van der Waals surface area (Å²) >= 11 is 0. The Bertz CT molecular complexity index is 338. The van der Waals surface area contributed by atoms with E-state index in [1.54, 1.807) is 0 Å². The second-order valence-electron chi connectivity index (χ2n) is 4.09. The molecule has 1 aromatic rings. The van der Waals surface area contributed by atoms with Gasteiger partial charge in [-0.1, -0.05) is 24.3 Å². The molecule has 3 nitrogen and oxygen atoms in total. The molecule has 0 saturated carbocycles. The molecule has 0 heterocycles. The Balaban J connectivity index is 2.91. The van der Waals surface area contributed by atoms with Gasteiger partial charge in [-0.3, -0.25) is 0 Å². The van der Waals surface area contributed by atoms with E-state index in [2.05, 4.69) is 19.1 Å². The number of aryl methyl sites for hydroxylation is 1. The molecule has 4 heteroatoms. The number of hydrogen-bond donors (Lipinski definition) is 0. The van der Waals surface area contributed by atoms with Crippen molar-refractivity contribution in [3.63, 3.8) is 0 Å². The van der Waals surface area contributed by atoms with Gasteiger partial charge in [0.15, 0.2) is 0 Å². The zero-order chi connectivity index (χ0) is 13.4. The van der Waals surface area contributed by atoms with Crippen LogP contribution in [0.1, 0.15) is 31.9 Å². The Kier molecular flexibility index (Phi) is 6.57. The van der Waals surface area contributed by atoms with Crippen LogP contribution in [-0.2, 0) is 19.3 Å². The summed E-state index contributed by atoms with van der Waals surface area (Å²) in [6.45, 7) is 9.93. The van der Waals surface area contributed by atoms with Crippen LogP contribution < -0.4 is 0 Å². The maximum absolute atomic E-state index is 5.86. The van der Waals surface area contributed by atoms with Crippen molar-refractivity contribution in [2.75, 3.05) is 19.8 Å². The highest BCUT2D eigenvalue weighted by Gasteiger charge is 2.40. The van der Waals surface area contributed by atoms with Crippen molar-refractivity contribution in [3.05, 3.63) is 35.4 Å². The first-order valence-electron chi connectivity index (χ1n) is 6.63. The van der Waals surface area contributed by atoms with Gasteiger partial charge < -0.3 is 13.3 Å². The van der Waals surface area contributed by atoms with E-state index in [9.17, 15) is 0 Å². The average molecular weight is 268 g/mol. The van der Waals surface area contributed by atoms with Crippen LogP contribution in [0.15, 0.2) is 24.3 Å². The van der Waals surface area contributed by atoms with Crippen LogP contribution >= 0.6 is 0 Å². The first kappa shape index (κ1) is 15.4. The lowest BCUT2D eigenvalue weighted by Crippen LogP contribution is -2.48. The van der Waals surface area contributed by atoms with Crippen LogP contribution in [0.4, 0.5) is 0 Å². The molecule has 102 valence electrons. The van der Waals surface area contributed by atoms with Gasteiger partial charge >= 0.3 is 8.80 Å². The van der Waals surface area contributed by atoms with Crippen LogP contribution in [0.25, 0.3) is 0 Å². The summed E-state index contributed by atoms with van der Waals surface area (Å²) in [5, 5.41) is 0. The molecule has 0 fully saturated rings. The smallest absolute Gasteiger partial charge is 0.374 e. The van der Waals surface area contributed by atoms with E-state index in [-0.39, 0.29) is 0 Å². The molecule has 0 amide bonds. The monoisotopic (exact) mass is 268 g/mol. The maximum atomic E-state index is 5.86. The van der Waals surface area contributed by atoms with Gasteiger partial charge in [0, 0.05) is 25.9 Å². The fourth-order valence-electron chi connectivity index (χ4n) is 1.98. The molecule has 0 aliphatic carbocycles. The molecule has 0 radical (unpaired) electrons. The largest absolute Gasteiger partial charge is 0.505 e. The van der Waals surface area contributed by atoms with Gasteiger partial charge in [0.2, 0.25) is 0 Å². The lowest BCUT2D eigenvalue weighted by atomic mass is 10.1. The molecule has 0 spiro atoms.